The van der Waals surface area contributed by atoms with Crippen molar-refractivity contribution in [1.82, 2.24) is 0 Å². The number of hydrogen-bond donors (Lipinski definition) is 2. The Bertz CT molecular complexity index is 1180. The van der Waals surface area contributed by atoms with E-state index < -0.39 is 17.2 Å². The van der Waals surface area contributed by atoms with Gasteiger partial charge >= 0.3 is 6.03 Å². The van der Waals surface area contributed by atoms with Gasteiger partial charge in [0.25, 0.3) is 0 Å². The van der Waals surface area contributed by atoms with Gasteiger partial charge in [-0.3, -0.25) is 9.69 Å². The molecule has 3 amide bonds. The zero-order chi connectivity index (χ0) is 21.8. The number of carbonyl (C=O) groups excluding carboxylic acids is 2. The maximum absolute atomic E-state index is 14.3. The molecule has 1 atom stereocenters. The van der Waals surface area contributed by atoms with Crippen LogP contribution in [-0.4, -0.2) is 17.7 Å². The summed E-state index contributed by atoms with van der Waals surface area (Å²) in [4.78, 5) is 26.3. The molecule has 0 radical (unpaired) electrons. The van der Waals surface area contributed by atoms with Gasteiger partial charge in [-0.05, 0) is 54.1 Å². The molecule has 2 N–H and O–H groups in total. The number of anilines is 3. The summed E-state index contributed by atoms with van der Waals surface area (Å²) < 4.78 is 14.3. The van der Waals surface area contributed by atoms with Crippen LogP contribution in [0.1, 0.15) is 16.5 Å². The van der Waals surface area contributed by atoms with Crippen molar-refractivity contribution in [2.45, 2.75) is 5.37 Å². The smallest absolute Gasteiger partial charge is 0.308 e. The number of hydrogen-bond acceptors (Lipinski definition) is 4. The van der Waals surface area contributed by atoms with E-state index in [-0.39, 0.29) is 17.3 Å². The second-order valence-corrected chi connectivity index (χ2v) is 7.84. The van der Waals surface area contributed by atoms with E-state index in [4.69, 9.17) is 5.26 Å². The average molecular weight is 432 g/mol. The molecule has 1 unspecified atom stereocenters. The Labute approximate surface area is 182 Å². The molecular formula is C23H17FN4O2S. The normalized spacial score (nSPS) is 15.4. The first kappa shape index (κ1) is 20.4. The van der Waals surface area contributed by atoms with E-state index in [0.29, 0.717) is 16.9 Å². The molecule has 1 fully saturated rings. The molecule has 0 aromatic heterocycles. The molecule has 154 valence electrons. The number of carbonyl (C=O) groups is 2. The molecule has 1 heterocycles. The van der Waals surface area contributed by atoms with E-state index in [9.17, 15) is 14.0 Å². The lowest BCUT2D eigenvalue weighted by Crippen LogP contribution is -2.28. The highest BCUT2D eigenvalue weighted by atomic mass is 32.2. The fraction of sp³-hybridized carbons (Fsp3) is 0.0870. The Hall–Kier alpha value is -3.83. The van der Waals surface area contributed by atoms with Crippen molar-refractivity contribution in [2.75, 3.05) is 21.3 Å². The lowest BCUT2D eigenvalue weighted by atomic mass is 10.1. The molecule has 4 rings (SSSR count). The number of halogens is 1. The number of urea groups is 1. The number of nitriles is 1. The third kappa shape index (κ3) is 4.52. The number of nitrogens with one attached hydrogen (secondary N) is 2. The summed E-state index contributed by atoms with van der Waals surface area (Å²) in [6, 6.07) is 21.4. The number of thioether (sulfide) groups is 1. The van der Waals surface area contributed by atoms with Crippen LogP contribution in [0.25, 0.3) is 0 Å². The van der Waals surface area contributed by atoms with Gasteiger partial charge in [0.05, 0.1) is 23.1 Å². The zero-order valence-electron chi connectivity index (χ0n) is 16.2. The molecule has 1 aliphatic rings. The number of benzene rings is 3. The quantitative estimate of drug-likeness (QED) is 0.599. The van der Waals surface area contributed by atoms with Gasteiger partial charge in [0, 0.05) is 11.4 Å². The highest BCUT2D eigenvalue weighted by Crippen LogP contribution is 2.42. The molecule has 0 bridgehead atoms. The Kier molecular flexibility index (Phi) is 5.87. The predicted molar refractivity (Wildman–Crippen MR) is 119 cm³/mol. The van der Waals surface area contributed by atoms with Crippen molar-refractivity contribution in [3.63, 3.8) is 0 Å². The maximum Gasteiger partial charge on any atom is 0.323 e. The Morgan fingerprint density at radius 3 is 2.52 bits per heavy atom. The number of rotatable bonds is 4. The summed E-state index contributed by atoms with van der Waals surface area (Å²) in [5.74, 6) is -0.382. The Morgan fingerprint density at radius 2 is 1.77 bits per heavy atom. The summed E-state index contributed by atoms with van der Waals surface area (Å²) in [7, 11) is 0. The van der Waals surface area contributed by atoms with Gasteiger partial charge in [0.2, 0.25) is 5.91 Å². The van der Waals surface area contributed by atoms with Crippen molar-refractivity contribution in [3.05, 3.63) is 89.7 Å². The highest BCUT2D eigenvalue weighted by Gasteiger charge is 2.35. The molecule has 1 aliphatic heterocycles. The molecule has 6 nitrogen and oxygen atoms in total. The van der Waals surface area contributed by atoms with Crippen molar-refractivity contribution in [1.29, 1.82) is 5.26 Å². The summed E-state index contributed by atoms with van der Waals surface area (Å²) in [5, 5.41) is 13.9. The van der Waals surface area contributed by atoms with Crippen molar-refractivity contribution in [3.8, 4) is 6.07 Å². The zero-order valence-corrected chi connectivity index (χ0v) is 17.0. The summed E-state index contributed by atoms with van der Waals surface area (Å²) in [5.41, 5.74) is 2.60. The molecular weight excluding hydrogens is 415 g/mol. The van der Waals surface area contributed by atoms with E-state index in [2.05, 4.69) is 10.6 Å². The van der Waals surface area contributed by atoms with Crippen LogP contribution in [0.4, 0.5) is 26.2 Å². The van der Waals surface area contributed by atoms with Gasteiger partial charge in [0.15, 0.2) is 0 Å². The van der Waals surface area contributed by atoms with Gasteiger partial charge < -0.3 is 10.6 Å². The third-order valence-corrected chi connectivity index (χ3v) is 5.89. The van der Waals surface area contributed by atoms with Crippen LogP contribution in [-0.2, 0) is 4.79 Å². The SMILES string of the molecule is N#Cc1ccc(NC(=O)Nc2cccc(C3SCC(=O)N3c3ccccc3F)c2)cc1. The van der Waals surface area contributed by atoms with E-state index in [1.807, 2.05) is 12.1 Å². The van der Waals surface area contributed by atoms with Gasteiger partial charge in [-0.1, -0.05) is 24.3 Å². The van der Waals surface area contributed by atoms with E-state index in [1.165, 1.54) is 22.7 Å². The van der Waals surface area contributed by atoms with Crippen LogP contribution >= 0.6 is 11.8 Å². The first-order valence-electron chi connectivity index (χ1n) is 9.41. The first-order chi connectivity index (χ1) is 15.0. The maximum atomic E-state index is 14.3. The lowest BCUT2D eigenvalue weighted by Gasteiger charge is -2.25. The highest BCUT2D eigenvalue weighted by molar-refractivity contribution is 8.00. The predicted octanol–water partition coefficient (Wildman–Crippen LogP) is 5.12. The molecule has 0 aliphatic carbocycles. The van der Waals surface area contributed by atoms with E-state index in [0.717, 1.165) is 5.56 Å². The van der Waals surface area contributed by atoms with Crippen LogP contribution in [0, 0.1) is 17.1 Å². The second-order valence-electron chi connectivity index (χ2n) is 6.77. The first-order valence-corrected chi connectivity index (χ1v) is 10.5. The minimum atomic E-state index is -0.459. The van der Waals surface area contributed by atoms with Gasteiger partial charge in [-0.25, -0.2) is 9.18 Å². The molecule has 1 saturated heterocycles. The summed E-state index contributed by atoms with van der Waals surface area (Å²) in [6.45, 7) is 0. The summed E-state index contributed by atoms with van der Waals surface area (Å²) in [6.07, 6.45) is 0. The average Bonchev–Trinajstić information content (AvgIpc) is 3.16. The van der Waals surface area contributed by atoms with Crippen molar-refractivity contribution >= 4 is 40.8 Å². The molecule has 3 aromatic carbocycles. The Balaban J connectivity index is 1.51. The van der Waals surface area contributed by atoms with E-state index >= 15 is 0 Å². The second kappa shape index (κ2) is 8.90. The van der Waals surface area contributed by atoms with E-state index in [1.54, 1.807) is 60.7 Å². The largest absolute Gasteiger partial charge is 0.323 e. The van der Waals surface area contributed by atoms with Crippen LogP contribution in [0.2, 0.25) is 0 Å². The number of para-hydroxylation sites is 1. The van der Waals surface area contributed by atoms with Crippen LogP contribution in [0.5, 0.6) is 0 Å². The van der Waals surface area contributed by atoms with Crippen molar-refractivity contribution in [2.24, 2.45) is 0 Å². The van der Waals surface area contributed by atoms with Crippen molar-refractivity contribution < 1.29 is 14.0 Å². The number of amides is 3. The summed E-state index contributed by atoms with van der Waals surface area (Å²) >= 11 is 1.40. The van der Waals surface area contributed by atoms with Gasteiger partial charge in [0.1, 0.15) is 11.2 Å². The molecule has 8 heteroatoms. The van der Waals surface area contributed by atoms with Crippen LogP contribution in [0.3, 0.4) is 0 Å². The minimum Gasteiger partial charge on any atom is -0.308 e. The van der Waals surface area contributed by atoms with Gasteiger partial charge in [-0.15, -0.1) is 11.8 Å². The monoisotopic (exact) mass is 432 g/mol. The van der Waals surface area contributed by atoms with Crippen LogP contribution in [0.15, 0.2) is 72.8 Å². The molecule has 0 saturated carbocycles. The van der Waals surface area contributed by atoms with Crippen LogP contribution < -0.4 is 15.5 Å². The topological polar surface area (TPSA) is 85.2 Å². The third-order valence-electron chi connectivity index (χ3n) is 4.68. The minimum absolute atomic E-state index is 0.169. The molecule has 0 spiro atoms. The Morgan fingerprint density at radius 1 is 1.03 bits per heavy atom. The molecule has 31 heavy (non-hydrogen) atoms. The fourth-order valence-electron chi connectivity index (χ4n) is 3.27. The lowest BCUT2D eigenvalue weighted by molar-refractivity contribution is -0.115. The fourth-order valence-corrected chi connectivity index (χ4v) is 4.43. The standard InChI is InChI=1S/C23H17FN4O2S/c24-19-6-1-2-7-20(19)28-21(29)14-31-22(28)16-4-3-5-18(12-16)27-23(30)26-17-10-8-15(13-25)9-11-17/h1-12,22H,14H2,(H2,26,27,30). The molecule has 3 aromatic rings. The van der Waals surface area contributed by atoms with Gasteiger partial charge in [-0.2, -0.15) is 5.26 Å². The number of nitrogens with zero attached hydrogens (tertiary/aromatic N) is 2.